The molecule has 2 aromatic carbocycles. The van der Waals surface area contributed by atoms with Gasteiger partial charge < -0.3 is 9.47 Å². The van der Waals surface area contributed by atoms with Crippen molar-refractivity contribution in [2.75, 3.05) is 6.61 Å². The van der Waals surface area contributed by atoms with Crippen molar-refractivity contribution in [1.82, 2.24) is 19.1 Å². The van der Waals surface area contributed by atoms with Crippen molar-refractivity contribution in [2.24, 2.45) is 0 Å². The number of aromatic nitrogens is 3. The fraction of sp³-hybridized carbons (Fsp3) is 0.424. The predicted octanol–water partition coefficient (Wildman–Crippen LogP) is 4.62. The number of amides is 1. The van der Waals surface area contributed by atoms with Gasteiger partial charge in [-0.05, 0) is 80.0 Å². The van der Waals surface area contributed by atoms with Crippen LogP contribution in [0.5, 0.6) is 5.75 Å². The second kappa shape index (κ2) is 13.3. The average Bonchev–Trinajstić information content (AvgIpc) is 3.27. The van der Waals surface area contributed by atoms with E-state index in [-0.39, 0.29) is 22.6 Å². The topological polar surface area (TPSA) is 122 Å². The molecule has 11 heteroatoms. The molecule has 0 spiro atoms. The van der Waals surface area contributed by atoms with E-state index in [2.05, 4.69) is 54.9 Å². The van der Waals surface area contributed by atoms with Gasteiger partial charge in [0.1, 0.15) is 18.2 Å². The minimum absolute atomic E-state index is 0.0362. The van der Waals surface area contributed by atoms with Gasteiger partial charge in [-0.2, -0.15) is 5.10 Å². The number of aryl methyl sites for hydroxylation is 2. The number of hydrogen-bond acceptors (Lipinski definition) is 7. The second-order valence-electron chi connectivity index (χ2n) is 12.3. The molecule has 3 aromatic rings. The van der Waals surface area contributed by atoms with Crippen molar-refractivity contribution in [2.45, 2.75) is 84.9 Å². The van der Waals surface area contributed by atoms with E-state index in [1.54, 1.807) is 16.7 Å². The van der Waals surface area contributed by atoms with E-state index >= 15 is 0 Å². The molecule has 4 rings (SSSR count). The van der Waals surface area contributed by atoms with E-state index in [1.165, 1.54) is 42.5 Å². The monoisotopic (exact) mass is 622 g/mol. The lowest BCUT2D eigenvalue weighted by atomic mass is 9.87. The first-order chi connectivity index (χ1) is 20.7. The number of hydrogen-bond donors (Lipinski definition) is 1. The molecule has 1 aliphatic heterocycles. The first kappa shape index (κ1) is 32.8. The molecule has 0 unspecified atom stereocenters. The van der Waals surface area contributed by atoms with Crippen LogP contribution < -0.4 is 15.1 Å². The summed E-state index contributed by atoms with van der Waals surface area (Å²) in [6.07, 6.45) is 6.13. The van der Waals surface area contributed by atoms with Gasteiger partial charge in [0, 0.05) is 13.0 Å². The van der Waals surface area contributed by atoms with Gasteiger partial charge in [-0.15, -0.1) is 0 Å². The number of nitrogens with one attached hydrogen (secondary N) is 1. The molecule has 236 valence electrons. The molecule has 1 amide bonds. The van der Waals surface area contributed by atoms with Crippen LogP contribution in [0.2, 0.25) is 0 Å². The highest BCUT2D eigenvalue weighted by Gasteiger charge is 2.34. The minimum atomic E-state index is -4.04. The van der Waals surface area contributed by atoms with Crippen molar-refractivity contribution in [3.8, 4) is 5.75 Å². The summed E-state index contributed by atoms with van der Waals surface area (Å²) in [4.78, 5) is 25.8. The maximum Gasteiger partial charge on any atom is 0.346 e. The predicted molar refractivity (Wildman–Crippen MR) is 170 cm³/mol. The minimum Gasteiger partial charge on any atom is -0.497 e. The Hall–Kier alpha value is -4.12. The van der Waals surface area contributed by atoms with Crippen LogP contribution in [-0.4, -0.2) is 40.9 Å². The van der Waals surface area contributed by atoms with Gasteiger partial charge in [0.25, 0.3) is 15.9 Å². The van der Waals surface area contributed by atoms with E-state index in [4.69, 9.17) is 9.47 Å². The number of carbonyl (C=O) groups excluding carboxylic acids is 1. The SMILES string of the molecule is CCn1c(CCCc2ccc(OC(C)(C)C(=O)NS(=O)(=O)C3=CCOC=C3)cc2)nn(Cc2ccc(C(C)(C)C)cc2)c1=O. The van der Waals surface area contributed by atoms with Gasteiger partial charge in [0.15, 0.2) is 5.60 Å². The molecular formula is C33H42N4O6S. The number of benzene rings is 2. The normalized spacial score (nSPS) is 13.7. The van der Waals surface area contributed by atoms with Gasteiger partial charge in [-0.1, -0.05) is 57.2 Å². The number of ether oxygens (including phenoxy) is 2. The zero-order valence-electron chi connectivity index (χ0n) is 26.3. The van der Waals surface area contributed by atoms with Gasteiger partial charge >= 0.3 is 5.69 Å². The Labute approximate surface area is 259 Å². The quantitative estimate of drug-likeness (QED) is 0.313. The van der Waals surface area contributed by atoms with Crippen molar-refractivity contribution in [3.63, 3.8) is 0 Å². The van der Waals surface area contributed by atoms with Crippen LogP contribution in [-0.2, 0) is 50.9 Å². The standard InChI is InChI=1S/C33H42N4O6S/c1-7-36-29(34-37(31(36)39)23-25-11-15-26(16-12-25)32(2,3)4)10-8-9-24-13-17-27(18-14-24)43-33(5,6)30(38)35-44(40,41)28-19-21-42-22-20-28/h11-21H,7-10,22-23H2,1-6H3,(H,35,38). The fourth-order valence-corrected chi connectivity index (χ4v) is 5.89. The van der Waals surface area contributed by atoms with Gasteiger partial charge in [-0.3, -0.25) is 9.36 Å². The summed E-state index contributed by atoms with van der Waals surface area (Å²) in [5.74, 6) is 0.412. The lowest BCUT2D eigenvalue weighted by Crippen LogP contribution is -2.48. The van der Waals surface area contributed by atoms with Crippen LogP contribution >= 0.6 is 0 Å². The van der Waals surface area contributed by atoms with Crippen molar-refractivity contribution >= 4 is 15.9 Å². The second-order valence-corrected chi connectivity index (χ2v) is 14.0. The fourth-order valence-electron chi connectivity index (χ4n) is 4.76. The molecule has 0 aliphatic carbocycles. The van der Waals surface area contributed by atoms with E-state index in [1.807, 2.05) is 19.1 Å². The number of nitrogens with zero attached hydrogens (tertiary/aromatic N) is 3. The molecular weight excluding hydrogens is 580 g/mol. The maximum absolute atomic E-state index is 13.0. The Morgan fingerprint density at radius 2 is 1.66 bits per heavy atom. The lowest BCUT2D eigenvalue weighted by Gasteiger charge is -2.25. The first-order valence-corrected chi connectivity index (χ1v) is 16.3. The van der Waals surface area contributed by atoms with E-state index in [9.17, 15) is 18.0 Å². The molecule has 0 atom stereocenters. The molecule has 1 aromatic heterocycles. The molecule has 2 heterocycles. The van der Waals surface area contributed by atoms with Crippen LogP contribution in [0, 0.1) is 0 Å². The third-order valence-corrected chi connectivity index (χ3v) is 8.80. The first-order valence-electron chi connectivity index (χ1n) is 14.8. The summed E-state index contributed by atoms with van der Waals surface area (Å²) < 4.78 is 41.2. The number of carbonyl (C=O) groups is 1. The van der Waals surface area contributed by atoms with Crippen LogP contribution in [0.25, 0.3) is 0 Å². The third kappa shape index (κ3) is 8.07. The number of allylic oxidation sites excluding steroid dienone is 1. The summed E-state index contributed by atoms with van der Waals surface area (Å²) in [5.41, 5.74) is 1.86. The van der Waals surface area contributed by atoms with Gasteiger partial charge in [0.05, 0.1) is 17.7 Å². The van der Waals surface area contributed by atoms with E-state index < -0.39 is 21.5 Å². The summed E-state index contributed by atoms with van der Waals surface area (Å²) in [6, 6.07) is 15.7. The molecule has 0 saturated heterocycles. The molecule has 1 aliphatic rings. The van der Waals surface area contributed by atoms with Crippen LogP contribution in [0.4, 0.5) is 0 Å². The Morgan fingerprint density at radius 1 is 1.00 bits per heavy atom. The van der Waals surface area contributed by atoms with Crippen molar-refractivity contribution in [3.05, 3.63) is 105 Å². The summed E-state index contributed by atoms with van der Waals surface area (Å²) in [6.45, 7) is 12.6. The highest BCUT2D eigenvalue weighted by molar-refractivity contribution is 7.94. The lowest BCUT2D eigenvalue weighted by molar-refractivity contribution is -0.132. The van der Waals surface area contributed by atoms with Crippen LogP contribution in [0.15, 0.2) is 76.6 Å². The highest BCUT2D eigenvalue weighted by Crippen LogP contribution is 2.23. The van der Waals surface area contributed by atoms with Crippen LogP contribution in [0.3, 0.4) is 0 Å². The molecule has 0 bridgehead atoms. The maximum atomic E-state index is 13.0. The Morgan fingerprint density at radius 3 is 2.25 bits per heavy atom. The molecule has 10 nitrogen and oxygen atoms in total. The van der Waals surface area contributed by atoms with Crippen molar-refractivity contribution in [1.29, 1.82) is 0 Å². The molecule has 44 heavy (non-hydrogen) atoms. The smallest absolute Gasteiger partial charge is 0.346 e. The molecule has 0 fully saturated rings. The molecule has 0 saturated carbocycles. The zero-order chi connectivity index (χ0) is 32.1. The van der Waals surface area contributed by atoms with Crippen molar-refractivity contribution < 1.29 is 22.7 Å². The summed E-state index contributed by atoms with van der Waals surface area (Å²) in [7, 11) is -4.04. The van der Waals surface area contributed by atoms with Gasteiger partial charge in [0.2, 0.25) is 0 Å². The van der Waals surface area contributed by atoms with E-state index in [0.29, 0.717) is 25.3 Å². The number of sulfonamides is 1. The Balaban J connectivity index is 1.33. The number of rotatable bonds is 12. The highest BCUT2D eigenvalue weighted by atomic mass is 32.2. The molecule has 0 radical (unpaired) electrons. The van der Waals surface area contributed by atoms with Crippen LogP contribution in [0.1, 0.15) is 70.5 Å². The summed E-state index contributed by atoms with van der Waals surface area (Å²) >= 11 is 0. The third-order valence-electron chi connectivity index (χ3n) is 7.42. The summed E-state index contributed by atoms with van der Waals surface area (Å²) in [5, 5.41) is 4.66. The average molecular weight is 623 g/mol. The Kier molecular flexibility index (Phi) is 9.88. The largest absolute Gasteiger partial charge is 0.497 e. The van der Waals surface area contributed by atoms with E-state index in [0.717, 1.165) is 29.8 Å². The molecule has 1 N–H and O–H groups in total. The zero-order valence-corrected chi connectivity index (χ0v) is 27.1. The van der Waals surface area contributed by atoms with Gasteiger partial charge in [-0.25, -0.2) is 22.6 Å². The Bertz CT molecular complexity index is 1690.